The molecule has 1 aliphatic carbocycles. The number of aromatic nitrogens is 1. The van der Waals surface area contributed by atoms with E-state index in [2.05, 4.69) is 15.6 Å². The number of carboxylic acid groups (broad SMARTS) is 1. The molecule has 3 N–H and O–H groups in total. The van der Waals surface area contributed by atoms with Crippen molar-refractivity contribution < 1.29 is 33.0 Å². The Morgan fingerprint density at radius 1 is 1.19 bits per heavy atom. The Hall–Kier alpha value is -4.33. The molecule has 0 radical (unpaired) electrons. The first-order chi connectivity index (χ1) is 20.1. The SMILES string of the molecule is CC(=O)NC[C@H]1CN(c2ccc(N[C@@H]3CCN(C4N=c5c(c(=O)c(C(=O)O)cn5C5CC5)=CC4F)C3)c(F)c2)C(=O)O1. The Morgan fingerprint density at radius 3 is 2.67 bits per heavy atom. The first kappa shape index (κ1) is 27.8. The number of halogens is 2. The zero-order valence-corrected chi connectivity index (χ0v) is 22.8. The highest BCUT2D eigenvalue weighted by Crippen LogP contribution is 2.33. The molecule has 4 aliphatic rings. The minimum absolute atomic E-state index is 0.0232. The number of benzene rings is 1. The molecule has 3 fully saturated rings. The fraction of sp³-hybridized carbons (Fsp3) is 0.464. The van der Waals surface area contributed by atoms with E-state index < -0.39 is 47.3 Å². The lowest BCUT2D eigenvalue weighted by Crippen LogP contribution is -2.54. The van der Waals surface area contributed by atoms with Crippen molar-refractivity contribution in [2.45, 2.75) is 56.7 Å². The van der Waals surface area contributed by atoms with Gasteiger partial charge in [-0.2, -0.15) is 0 Å². The van der Waals surface area contributed by atoms with Crippen LogP contribution in [0, 0.1) is 5.82 Å². The number of carboxylic acids is 1. The van der Waals surface area contributed by atoms with Gasteiger partial charge in [-0.1, -0.05) is 0 Å². The summed E-state index contributed by atoms with van der Waals surface area (Å²) in [6.07, 6.45) is 1.02. The maximum Gasteiger partial charge on any atom is 0.414 e. The van der Waals surface area contributed by atoms with Gasteiger partial charge in [-0.3, -0.25) is 19.4 Å². The average Bonchev–Trinajstić information content (AvgIpc) is 3.56. The molecule has 0 bridgehead atoms. The van der Waals surface area contributed by atoms with Gasteiger partial charge in [0.05, 0.1) is 29.7 Å². The first-order valence-corrected chi connectivity index (χ1v) is 13.8. The number of rotatable bonds is 8. The third-order valence-electron chi connectivity index (χ3n) is 7.95. The number of carbonyl (C=O) groups is 3. The van der Waals surface area contributed by atoms with Crippen LogP contribution in [0.15, 0.2) is 34.2 Å². The number of hydrogen-bond acceptors (Lipinski definition) is 8. The Labute approximate surface area is 238 Å². The number of alkyl halides is 1. The Balaban J connectivity index is 1.15. The molecule has 2 unspecified atom stereocenters. The largest absolute Gasteiger partial charge is 0.477 e. The second kappa shape index (κ2) is 10.8. The van der Waals surface area contributed by atoms with Crippen molar-refractivity contribution in [2.24, 2.45) is 4.99 Å². The Bertz CT molecular complexity index is 1640. The summed E-state index contributed by atoms with van der Waals surface area (Å²) in [5.74, 6) is -2.17. The van der Waals surface area contributed by atoms with E-state index in [-0.39, 0.29) is 42.0 Å². The van der Waals surface area contributed by atoms with Gasteiger partial charge in [0.25, 0.3) is 0 Å². The molecule has 222 valence electrons. The first-order valence-electron chi connectivity index (χ1n) is 13.8. The van der Waals surface area contributed by atoms with Gasteiger partial charge in [0, 0.05) is 38.3 Å². The van der Waals surface area contributed by atoms with Crippen molar-refractivity contribution in [1.29, 1.82) is 0 Å². The second-order valence-corrected chi connectivity index (χ2v) is 11.0. The highest BCUT2D eigenvalue weighted by Gasteiger charge is 2.36. The predicted molar refractivity (Wildman–Crippen MR) is 146 cm³/mol. The number of anilines is 2. The van der Waals surface area contributed by atoms with E-state index in [4.69, 9.17) is 4.74 Å². The topological polar surface area (TPSA) is 146 Å². The van der Waals surface area contributed by atoms with E-state index in [0.717, 1.165) is 12.8 Å². The van der Waals surface area contributed by atoms with E-state index in [9.17, 15) is 24.3 Å². The van der Waals surface area contributed by atoms with Crippen LogP contribution in [0.3, 0.4) is 0 Å². The molecule has 6 rings (SSSR count). The smallest absolute Gasteiger partial charge is 0.414 e. The number of aromatic carboxylic acids is 1. The maximum absolute atomic E-state index is 15.4. The van der Waals surface area contributed by atoms with Crippen LogP contribution in [0.25, 0.3) is 6.08 Å². The number of cyclic esters (lactones) is 1. The summed E-state index contributed by atoms with van der Waals surface area (Å²) in [7, 11) is 0. The molecular formula is C28H30F2N6O6. The molecule has 42 heavy (non-hydrogen) atoms. The molecule has 1 aromatic carbocycles. The molecule has 1 aromatic heterocycles. The summed E-state index contributed by atoms with van der Waals surface area (Å²) in [6.45, 7) is 2.54. The monoisotopic (exact) mass is 584 g/mol. The fourth-order valence-corrected chi connectivity index (χ4v) is 5.69. The fourth-order valence-electron chi connectivity index (χ4n) is 5.69. The molecule has 2 amide bonds. The van der Waals surface area contributed by atoms with Gasteiger partial charge >= 0.3 is 12.1 Å². The molecule has 2 saturated heterocycles. The summed E-state index contributed by atoms with van der Waals surface area (Å²) < 4.78 is 37.4. The zero-order valence-electron chi connectivity index (χ0n) is 22.8. The van der Waals surface area contributed by atoms with Gasteiger partial charge in [-0.05, 0) is 43.5 Å². The predicted octanol–water partition coefficient (Wildman–Crippen LogP) is 0.746. The van der Waals surface area contributed by atoms with Crippen LogP contribution in [0.2, 0.25) is 0 Å². The summed E-state index contributed by atoms with van der Waals surface area (Å²) in [4.78, 5) is 55.5. The minimum atomic E-state index is -1.62. The van der Waals surface area contributed by atoms with Crippen LogP contribution in [-0.2, 0) is 9.53 Å². The van der Waals surface area contributed by atoms with E-state index in [0.29, 0.717) is 30.7 Å². The van der Waals surface area contributed by atoms with Crippen LogP contribution in [0.4, 0.5) is 25.0 Å². The number of hydrogen-bond donors (Lipinski definition) is 3. The van der Waals surface area contributed by atoms with Gasteiger partial charge in [-0.25, -0.2) is 23.4 Å². The molecule has 12 nitrogen and oxygen atoms in total. The normalized spacial score (nSPS) is 25.3. The molecule has 14 heteroatoms. The van der Waals surface area contributed by atoms with Crippen LogP contribution in [0.1, 0.15) is 42.6 Å². The van der Waals surface area contributed by atoms with Crippen molar-refractivity contribution in [3.63, 3.8) is 0 Å². The number of nitrogens with zero attached hydrogens (tertiary/aromatic N) is 4. The van der Waals surface area contributed by atoms with Crippen molar-refractivity contribution in [2.75, 3.05) is 36.4 Å². The third-order valence-corrected chi connectivity index (χ3v) is 7.95. The molecule has 4 heterocycles. The number of likely N-dealkylation sites (tertiary alicyclic amines) is 1. The van der Waals surface area contributed by atoms with E-state index in [1.54, 1.807) is 10.6 Å². The van der Waals surface area contributed by atoms with Crippen molar-refractivity contribution >= 4 is 35.4 Å². The van der Waals surface area contributed by atoms with E-state index >= 15 is 8.78 Å². The molecular weight excluding hydrogens is 554 g/mol. The molecule has 3 aliphatic heterocycles. The Kier molecular flexibility index (Phi) is 7.17. The zero-order chi connectivity index (χ0) is 29.7. The molecule has 4 atom stereocenters. The molecule has 2 aromatic rings. The minimum Gasteiger partial charge on any atom is -0.477 e. The number of pyridine rings is 1. The van der Waals surface area contributed by atoms with Gasteiger partial charge in [0.2, 0.25) is 11.3 Å². The number of fused-ring (bicyclic) bond motifs is 1. The number of carbonyl (C=O) groups excluding carboxylic acids is 2. The summed E-state index contributed by atoms with van der Waals surface area (Å²) in [6, 6.07) is 4.18. The quantitative estimate of drug-likeness (QED) is 0.412. The maximum atomic E-state index is 15.4. The van der Waals surface area contributed by atoms with Gasteiger partial charge < -0.3 is 25.0 Å². The second-order valence-electron chi connectivity index (χ2n) is 11.0. The average molecular weight is 585 g/mol. The molecule has 1 saturated carbocycles. The summed E-state index contributed by atoms with van der Waals surface area (Å²) >= 11 is 0. The van der Waals surface area contributed by atoms with E-state index in [1.807, 2.05) is 4.90 Å². The summed E-state index contributed by atoms with van der Waals surface area (Å²) in [5, 5.41) is 15.2. The standard InChI is InChI=1S/C28H30F2N6O6/c1-14(37)31-10-18-12-36(28(41)42-18)17-4-5-23(21(29)8-17)32-15-6-7-34(11-15)26-22(30)9-19-24(38)20(27(39)40)13-35(16-2-3-16)25(19)33-26/h4-5,8-9,13,15-16,18,22,26,32H,2-3,6-7,10-12H2,1H3,(H,31,37)(H,39,40)/t15-,18+,22?,26?/m1/s1. The summed E-state index contributed by atoms with van der Waals surface area (Å²) in [5.41, 5.74) is -0.299. The van der Waals surface area contributed by atoms with Crippen LogP contribution < -0.4 is 31.7 Å². The highest BCUT2D eigenvalue weighted by molar-refractivity contribution is 5.90. The van der Waals surface area contributed by atoms with Crippen LogP contribution in [-0.4, -0.2) is 83.2 Å². The van der Waals surface area contributed by atoms with Crippen LogP contribution >= 0.6 is 0 Å². The van der Waals surface area contributed by atoms with Gasteiger partial charge in [0.1, 0.15) is 29.1 Å². The Morgan fingerprint density at radius 2 is 1.98 bits per heavy atom. The van der Waals surface area contributed by atoms with Crippen molar-refractivity contribution in [3.05, 3.63) is 56.7 Å². The highest BCUT2D eigenvalue weighted by atomic mass is 19.1. The van der Waals surface area contributed by atoms with E-state index in [1.165, 1.54) is 36.2 Å². The van der Waals surface area contributed by atoms with Crippen molar-refractivity contribution in [1.82, 2.24) is 14.8 Å². The van der Waals surface area contributed by atoms with Gasteiger partial charge in [0.15, 0.2) is 6.17 Å². The lowest BCUT2D eigenvalue weighted by Gasteiger charge is -2.28. The number of ether oxygens (including phenoxy) is 1. The third kappa shape index (κ3) is 5.33. The van der Waals surface area contributed by atoms with Crippen LogP contribution in [0.5, 0.6) is 0 Å². The molecule has 0 spiro atoms. The number of amides is 2. The number of nitrogens with one attached hydrogen (secondary N) is 2. The lowest BCUT2D eigenvalue weighted by atomic mass is 10.1. The van der Waals surface area contributed by atoms with Crippen molar-refractivity contribution in [3.8, 4) is 0 Å². The lowest BCUT2D eigenvalue weighted by molar-refractivity contribution is -0.119. The van der Waals surface area contributed by atoms with Gasteiger partial charge in [-0.15, -0.1) is 0 Å².